The Morgan fingerprint density at radius 3 is 2.31 bits per heavy atom. The van der Waals surface area contributed by atoms with E-state index in [2.05, 4.69) is 14.9 Å². The molecule has 12 heteroatoms. The first-order valence-corrected chi connectivity index (χ1v) is 16.3. The normalized spacial score (nSPS) is 12.4. The lowest BCUT2D eigenvalue weighted by molar-refractivity contribution is 0.537. The summed E-state index contributed by atoms with van der Waals surface area (Å²) in [6, 6.07) is 24.5. The van der Waals surface area contributed by atoms with E-state index in [1.807, 2.05) is 47.9 Å². The second kappa shape index (κ2) is 13.2. The Kier molecular flexibility index (Phi) is 9.57. The molecule has 5 aromatic rings. The first-order chi connectivity index (χ1) is 20.1. The summed E-state index contributed by atoms with van der Waals surface area (Å²) in [5.41, 5.74) is 3.34. The molecule has 1 N–H and O–H groups in total. The number of thioether (sulfide) groups is 1. The fraction of sp³-hybridized carbons (Fsp3) is 0.133. The molecule has 1 unspecified atom stereocenters. The van der Waals surface area contributed by atoms with Gasteiger partial charge in [-0.15, -0.1) is 10.2 Å². The molecule has 1 heterocycles. The van der Waals surface area contributed by atoms with Gasteiger partial charge in [0, 0.05) is 15.8 Å². The summed E-state index contributed by atoms with van der Waals surface area (Å²) in [5.74, 6) is 0.512. The van der Waals surface area contributed by atoms with E-state index in [1.54, 1.807) is 24.3 Å². The van der Waals surface area contributed by atoms with Gasteiger partial charge in [-0.2, -0.15) is 0 Å². The number of halogens is 4. The number of aromatic nitrogens is 3. The molecule has 42 heavy (non-hydrogen) atoms. The first kappa shape index (κ1) is 30.5. The Bertz CT molecular complexity index is 1820. The second-order valence-electron chi connectivity index (χ2n) is 9.46. The number of hydrogen-bond acceptors (Lipinski definition) is 5. The van der Waals surface area contributed by atoms with Gasteiger partial charge in [0.1, 0.15) is 10.7 Å². The standard InChI is InChI=1S/C30H24Cl3FN4O2S2/c1-19-7-10-22(31)16-27(19)38-29(35-36-30(38)41-18-21-8-12-24(34)13-9-21)26(15-20-5-3-2-4-6-20)37-42(39,40)28-17-23(32)11-14-25(28)33/h2-14,16-17,26,37H,15,18H2,1H3. The Labute approximate surface area is 262 Å². The zero-order valence-electron chi connectivity index (χ0n) is 22.1. The van der Waals surface area contributed by atoms with E-state index < -0.39 is 16.1 Å². The minimum atomic E-state index is -4.16. The van der Waals surface area contributed by atoms with Crippen molar-refractivity contribution in [2.45, 2.75) is 35.2 Å². The molecule has 4 aromatic carbocycles. The van der Waals surface area contributed by atoms with Crippen LogP contribution in [0, 0.1) is 12.7 Å². The average molecular weight is 662 g/mol. The molecule has 6 nitrogen and oxygen atoms in total. The largest absolute Gasteiger partial charge is 0.272 e. The van der Waals surface area contributed by atoms with Crippen molar-refractivity contribution in [3.05, 3.63) is 134 Å². The first-order valence-electron chi connectivity index (χ1n) is 12.7. The lowest BCUT2D eigenvalue weighted by atomic mass is 10.1. The highest BCUT2D eigenvalue weighted by Crippen LogP contribution is 2.33. The van der Waals surface area contributed by atoms with Crippen LogP contribution in [0.2, 0.25) is 15.1 Å². The molecular weight excluding hydrogens is 638 g/mol. The van der Waals surface area contributed by atoms with Gasteiger partial charge in [-0.25, -0.2) is 17.5 Å². The highest BCUT2D eigenvalue weighted by molar-refractivity contribution is 7.98. The Morgan fingerprint density at radius 2 is 1.57 bits per heavy atom. The van der Waals surface area contributed by atoms with Crippen LogP contribution in [0.3, 0.4) is 0 Å². The summed E-state index contributed by atoms with van der Waals surface area (Å²) >= 11 is 20.2. The van der Waals surface area contributed by atoms with Gasteiger partial charge in [0.05, 0.1) is 16.8 Å². The second-order valence-corrected chi connectivity index (χ2v) is 13.4. The maximum atomic E-state index is 13.7. The molecule has 0 saturated heterocycles. The van der Waals surface area contributed by atoms with Gasteiger partial charge < -0.3 is 0 Å². The molecular formula is C30H24Cl3FN4O2S2. The Morgan fingerprint density at radius 1 is 0.881 bits per heavy atom. The quantitative estimate of drug-likeness (QED) is 0.153. The molecule has 5 rings (SSSR count). The van der Waals surface area contributed by atoms with Gasteiger partial charge in [0.15, 0.2) is 11.0 Å². The zero-order chi connectivity index (χ0) is 29.9. The van der Waals surface area contributed by atoms with E-state index in [9.17, 15) is 12.8 Å². The highest BCUT2D eigenvalue weighted by Gasteiger charge is 2.30. The number of rotatable bonds is 10. The maximum absolute atomic E-state index is 13.7. The van der Waals surface area contributed by atoms with E-state index >= 15 is 0 Å². The predicted octanol–water partition coefficient (Wildman–Crippen LogP) is 8.23. The number of sulfonamides is 1. The SMILES string of the molecule is Cc1ccc(Cl)cc1-n1c(SCc2ccc(F)cc2)nnc1C(Cc1ccccc1)NS(=O)(=O)c1cc(Cl)ccc1Cl. The van der Waals surface area contributed by atoms with Crippen molar-refractivity contribution in [2.75, 3.05) is 0 Å². The van der Waals surface area contributed by atoms with Crippen LogP contribution in [0.15, 0.2) is 101 Å². The molecule has 0 radical (unpaired) electrons. The van der Waals surface area contributed by atoms with Crippen LogP contribution in [0.5, 0.6) is 0 Å². The van der Waals surface area contributed by atoms with E-state index in [1.165, 1.54) is 42.1 Å². The molecule has 0 aliphatic carbocycles. The van der Waals surface area contributed by atoms with E-state index in [4.69, 9.17) is 34.8 Å². The molecule has 0 saturated carbocycles. The molecule has 0 aliphatic heterocycles. The monoisotopic (exact) mass is 660 g/mol. The molecule has 0 aliphatic rings. The highest BCUT2D eigenvalue weighted by atomic mass is 35.5. The summed E-state index contributed by atoms with van der Waals surface area (Å²) in [7, 11) is -4.16. The van der Waals surface area contributed by atoms with E-state index in [-0.39, 0.29) is 27.2 Å². The third-order valence-electron chi connectivity index (χ3n) is 6.43. The minimum Gasteiger partial charge on any atom is -0.272 e. The fourth-order valence-electron chi connectivity index (χ4n) is 4.35. The van der Waals surface area contributed by atoms with Crippen molar-refractivity contribution in [1.82, 2.24) is 19.5 Å². The van der Waals surface area contributed by atoms with Crippen LogP contribution in [-0.4, -0.2) is 23.2 Å². The summed E-state index contributed by atoms with van der Waals surface area (Å²) in [6.45, 7) is 1.92. The van der Waals surface area contributed by atoms with Gasteiger partial charge in [0.25, 0.3) is 0 Å². The predicted molar refractivity (Wildman–Crippen MR) is 167 cm³/mol. The number of nitrogens with one attached hydrogen (secondary N) is 1. The smallest absolute Gasteiger partial charge is 0.242 e. The lowest BCUT2D eigenvalue weighted by Crippen LogP contribution is -2.32. The third-order valence-corrected chi connectivity index (χ3v) is 9.85. The van der Waals surface area contributed by atoms with Crippen LogP contribution < -0.4 is 4.72 Å². The molecule has 0 fully saturated rings. The average Bonchev–Trinajstić information content (AvgIpc) is 3.39. The van der Waals surface area contributed by atoms with Crippen molar-refractivity contribution in [3.63, 3.8) is 0 Å². The molecule has 216 valence electrons. The molecule has 1 atom stereocenters. The van der Waals surface area contributed by atoms with Crippen LogP contribution in [-0.2, 0) is 22.2 Å². The van der Waals surface area contributed by atoms with Crippen molar-refractivity contribution < 1.29 is 12.8 Å². The van der Waals surface area contributed by atoms with Gasteiger partial charge in [-0.1, -0.05) is 95.1 Å². The summed E-state index contributed by atoms with van der Waals surface area (Å²) in [5, 5.41) is 10.3. The maximum Gasteiger partial charge on any atom is 0.242 e. The number of benzene rings is 4. The summed E-state index contributed by atoms with van der Waals surface area (Å²) in [4.78, 5) is -0.148. The topological polar surface area (TPSA) is 76.9 Å². The van der Waals surface area contributed by atoms with Gasteiger partial charge in [-0.05, 0) is 72.5 Å². The van der Waals surface area contributed by atoms with E-state index in [0.717, 1.165) is 16.7 Å². The summed E-state index contributed by atoms with van der Waals surface area (Å²) < 4.78 is 45.5. The molecule has 1 aromatic heterocycles. The van der Waals surface area contributed by atoms with Gasteiger partial charge in [-0.3, -0.25) is 4.57 Å². The Hall–Kier alpha value is -2.92. The van der Waals surface area contributed by atoms with Crippen molar-refractivity contribution in [2.24, 2.45) is 0 Å². The zero-order valence-corrected chi connectivity index (χ0v) is 26.0. The van der Waals surface area contributed by atoms with Gasteiger partial charge in [0.2, 0.25) is 10.0 Å². The number of hydrogen-bond donors (Lipinski definition) is 1. The van der Waals surface area contributed by atoms with Crippen LogP contribution in [0.1, 0.15) is 28.6 Å². The fourth-order valence-corrected chi connectivity index (χ4v) is 7.38. The lowest BCUT2D eigenvalue weighted by Gasteiger charge is -2.21. The van der Waals surface area contributed by atoms with Crippen LogP contribution in [0.25, 0.3) is 5.69 Å². The number of aryl methyl sites for hydroxylation is 1. The van der Waals surface area contributed by atoms with Crippen molar-refractivity contribution >= 4 is 56.6 Å². The molecule has 0 bridgehead atoms. The van der Waals surface area contributed by atoms with Crippen molar-refractivity contribution in [1.29, 1.82) is 0 Å². The Balaban J connectivity index is 1.62. The van der Waals surface area contributed by atoms with Crippen molar-refractivity contribution in [3.8, 4) is 5.69 Å². The number of nitrogens with zero attached hydrogens (tertiary/aromatic N) is 3. The molecule has 0 amide bonds. The van der Waals surface area contributed by atoms with Crippen LogP contribution >= 0.6 is 46.6 Å². The van der Waals surface area contributed by atoms with Gasteiger partial charge >= 0.3 is 0 Å². The van der Waals surface area contributed by atoms with E-state index in [0.29, 0.717) is 27.4 Å². The molecule has 0 spiro atoms. The summed E-state index contributed by atoms with van der Waals surface area (Å²) in [6.07, 6.45) is 0.263. The minimum absolute atomic E-state index is 0.0352. The van der Waals surface area contributed by atoms with Crippen LogP contribution in [0.4, 0.5) is 4.39 Å². The third kappa shape index (κ3) is 7.16.